The van der Waals surface area contributed by atoms with Crippen molar-refractivity contribution in [1.82, 2.24) is 19.8 Å². The molecule has 2 amide bonds. The first-order valence-electron chi connectivity index (χ1n) is 13.1. The number of anilines is 1. The molecule has 0 radical (unpaired) electrons. The highest BCUT2D eigenvalue weighted by Crippen LogP contribution is 2.59. The second-order valence-electron chi connectivity index (χ2n) is 11.7. The second-order valence-corrected chi connectivity index (χ2v) is 11.7. The first-order valence-corrected chi connectivity index (χ1v) is 13.1. The van der Waals surface area contributed by atoms with Crippen LogP contribution >= 0.6 is 0 Å². The number of piperidine rings is 1. The van der Waals surface area contributed by atoms with E-state index in [4.69, 9.17) is 0 Å². The Morgan fingerprint density at radius 1 is 1.00 bits per heavy atom. The highest BCUT2D eigenvalue weighted by molar-refractivity contribution is 5.80. The minimum atomic E-state index is 0.0256. The third kappa shape index (κ3) is 4.01. The van der Waals surface area contributed by atoms with Gasteiger partial charge in [-0.1, -0.05) is 0 Å². The number of rotatable bonds is 4. The summed E-state index contributed by atoms with van der Waals surface area (Å²) >= 11 is 0. The number of likely N-dealkylation sites (tertiary alicyclic amines) is 1. The molecule has 0 aromatic carbocycles. The zero-order valence-electron chi connectivity index (χ0n) is 19.9. The van der Waals surface area contributed by atoms with Crippen LogP contribution in [0, 0.1) is 29.1 Å². The number of nitrogens with one attached hydrogen (secondary N) is 1. The molecule has 178 valence electrons. The molecule has 0 unspecified atom stereocenters. The van der Waals surface area contributed by atoms with Crippen molar-refractivity contribution < 1.29 is 9.59 Å². The van der Waals surface area contributed by atoms with Crippen LogP contribution in [-0.2, 0) is 22.6 Å². The lowest BCUT2D eigenvalue weighted by Gasteiger charge is -2.57. The van der Waals surface area contributed by atoms with Gasteiger partial charge in [-0.3, -0.25) is 9.59 Å². The summed E-state index contributed by atoms with van der Waals surface area (Å²) in [7, 11) is 0. The molecule has 4 bridgehead atoms. The van der Waals surface area contributed by atoms with Crippen LogP contribution < -0.4 is 5.32 Å². The molecule has 7 heteroatoms. The lowest BCUT2D eigenvalue weighted by atomic mass is 9.49. The van der Waals surface area contributed by atoms with E-state index >= 15 is 0 Å². The summed E-state index contributed by atoms with van der Waals surface area (Å²) in [5.74, 6) is 4.23. The van der Waals surface area contributed by atoms with Crippen LogP contribution in [0.1, 0.15) is 69.5 Å². The number of carbonyl (C=O) groups excluding carboxylic acids is 2. The van der Waals surface area contributed by atoms with Gasteiger partial charge in [0.2, 0.25) is 11.8 Å². The van der Waals surface area contributed by atoms with Gasteiger partial charge in [-0.25, -0.2) is 9.97 Å². The minimum Gasteiger partial charge on any atom is -0.369 e. The summed E-state index contributed by atoms with van der Waals surface area (Å²) in [6.07, 6.45) is 12.6. The molecule has 7 rings (SSSR count). The fourth-order valence-corrected chi connectivity index (χ4v) is 8.17. The minimum absolute atomic E-state index is 0.0256. The van der Waals surface area contributed by atoms with Gasteiger partial charge < -0.3 is 15.1 Å². The van der Waals surface area contributed by atoms with Crippen LogP contribution in [0.4, 0.5) is 5.82 Å². The van der Waals surface area contributed by atoms with Gasteiger partial charge >= 0.3 is 0 Å². The first-order chi connectivity index (χ1) is 16.0. The largest absolute Gasteiger partial charge is 0.369 e. The highest BCUT2D eigenvalue weighted by Gasteiger charge is 2.50. The van der Waals surface area contributed by atoms with Crippen molar-refractivity contribution in [1.29, 1.82) is 0 Å². The Bertz CT molecular complexity index is 903. The van der Waals surface area contributed by atoms with Gasteiger partial charge in [-0.15, -0.1) is 0 Å². The van der Waals surface area contributed by atoms with Crippen molar-refractivity contribution in [2.45, 2.75) is 71.3 Å². The molecule has 1 aromatic rings. The number of hydrogen-bond acceptors (Lipinski definition) is 5. The Balaban J connectivity index is 1.10. The monoisotopic (exact) mass is 451 g/mol. The Hall–Kier alpha value is -2.18. The highest BCUT2D eigenvalue weighted by atomic mass is 16.2. The quantitative estimate of drug-likeness (QED) is 0.760. The van der Waals surface area contributed by atoms with E-state index in [1.165, 1.54) is 44.1 Å². The molecule has 6 aliphatic rings. The molecule has 1 aromatic heterocycles. The second kappa shape index (κ2) is 8.24. The van der Waals surface area contributed by atoms with Gasteiger partial charge in [0.05, 0.1) is 12.2 Å². The summed E-state index contributed by atoms with van der Waals surface area (Å²) in [4.78, 5) is 37.8. The lowest BCUT2D eigenvalue weighted by molar-refractivity contribution is -0.140. The van der Waals surface area contributed by atoms with Gasteiger partial charge in [-0.2, -0.15) is 0 Å². The molecule has 0 spiro atoms. The van der Waals surface area contributed by atoms with Crippen molar-refractivity contribution in [3.63, 3.8) is 0 Å². The maximum absolute atomic E-state index is 13.2. The standard InChI is InChI=1S/C26H37N5O2/c1-17(32)30-5-2-21(3-6-30)25(33)31-7-4-22-23(14-31)28-16-29-24(22)27-15-26-11-18-8-19(12-26)10-20(9-18)13-26/h16,18-21H,2-15H2,1H3,(H,27,28,29). The number of carbonyl (C=O) groups is 2. The Morgan fingerprint density at radius 2 is 1.67 bits per heavy atom. The number of fused-ring (bicyclic) bond motifs is 1. The van der Waals surface area contributed by atoms with Gasteiger partial charge in [0.15, 0.2) is 0 Å². The lowest BCUT2D eigenvalue weighted by Crippen LogP contribution is -2.49. The number of amides is 2. The van der Waals surface area contributed by atoms with E-state index in [0.717, 1.165) is 61.6 Å². The molecule has 4 saturated carbocycles. The van der Waals surface area contributed by atoms with Gasteiger partial charge in [0.25, 0.3) is 0 Å². The molecule has 1 saturated heterocycles. The average molecular weight is 452 g/mol. The van der Waals surface area contributed by atoms with Crippen LogP contribution in [0.5, 0.6) is 0 Å². The number of hydrogen-bond donors (Lipinski definition) is 1. The fourth-order valence-electron chi connectivity index (χ4n) is 8.17. The summed E-state index contributed by atoms with van der Waals surface area (Å²) in [6.45, 7) is 5.34. The molecule has 4 aliphatic carbocycles. The summed E-state index contributed by atoms with van der Waals surface area (Å²) in [5.41, 5.74) is 2.68. The molecule has 1 N–H and O–H groups in total. The maximum Gasteiger partial charge on any atom is 0.226 e. The Kier molecular flexibility index (Phi) is 5.33. The third-order valence-electron chi connectivity index (χ3n) is 9.40. The van der Waals surface area contributed by atoms with Gasteiger partial charge in [0, 0.05) is 44.6 Å². The van der Waals surface area contributed by atoms with E-state index in [2.05, 4.69) is 15.3 Å². The first kappa shape index (κ1) is 21.4. The smallest absolute Gasteiger partial charge is 0.226 e. The van der Waals surface area contributed by atoms with Crippen molar-refractivity contribution >= 4 is 17.6 Å². The Labute approximate surface area is 196 Å². The topological polar surface area (TPSA) is 78.4 Å². The zero-order valence-corrected chi connectivity index (χ0v) is 19.9. The van der Waals surface area contributed by atoms with Crippen molar-refractivity contribution in [2.24, 2.45) is 29.1 Å². The molecule has 3 heterocycles. The van der Waals surface area contributed by atoms with Crippen molar-refractivity contribution in [2.75, 3.05) is 31.5 Å². The SMILES string of the molecule is CC(=O)N1CCC(C(=O)N2CCc3c(ncnc3NCC34CC5CC(CC(C5)C3)C4)C2)CC1. The van der Waals surface area contributed by atoms with Crippen LogP contribution in [0.25, 0.3) is 0 Å². The van der Waals surface area contributed by atoms with E-state index in [0.29, 0.717) is 25.0 Å². The third-order valence-corrected chi connectivity index (χ3v) is 9.40. The maximum atomic E-state index is 13.2. The van der Waals surface area contributed by atoms with E-state index in [1.54, 1.807) is 13.3 Å². The normalized spacial score (nSPS) is 33.2. The fraction of sp³-hybridized carbons (Fsp3) is 0.769. The molecule has 33 heavy (non-hydrogen) atoms. The molecule has 0 atom stereocenters. The molecular formula is C26H37N5O2. The van der Waals surface area contributed by atoms with E-state index in [-0.39, 0.29) is 17.7 Å². The number of aromatic nitrogens is 2. The van der Waals surface area contributed by atoms with E-state index < -0.39 is 0 Å². The van der Waals surface area contributed by atoms with Crippen molar-refractivity contribution in [3.05, 3.63) is 17.6 Å². The van der Waals surface area contributed by atoms with Crippen LogP contribution in [0.15, 0.2) is 6.33 Å². The zero-order chi connectivity index (χ0) is 22.6. The molecule has 7 nitrogen and oxygen atoms in total. The average Bonchev–Trinajstić information content (AvgIpc) is 2.81. The Morgan fingerprint density at radius 3 is 2.30 bits per heavy atom. The summed E-state index contributed by atoms with van der Waals surface area (Å²) in [6, 6.07) is 0. The summed E-state index contributed by atoms with van der Waals surface area (Å²) in [5, 5.41) is 3.76. The van der Waals surface area contributed by atoms with E-state index in [1.807, 2.05) is 9.80 Å². The van der Waals surface area contributed by atoms with Crippen molar-refractivity contribution in [3.8, 4) is 0 Å². The van der Waals surface area contributed by atoms with Gasteiger partial charge in [-0.05, 0) is 81.0 Å². The van der Waals surface area contributed by atoms with Crippen LogP contribution in [0.3, 0.4) is 0 Å². The molecule has 5 fully saturated rings. The van der Waals surface area contributed by atoms with E-state index in [9.17, 15) is 9.59 Å². The predicted octanol–water partition coefficient (Wildman–Crippen LogP) is 3.25. The predicted molar refractivity (Wildman–Crippen MR) is 125 cm³/mol. The van der Waals surface area contributed by atoms with Crippen LogP contribution in [-0.4, -0.2) is 57.8 Å². The van der Waals surface area contributed by atoms with Crippen LogP contribution in [0.2, 0.25) is 0 Å². The molecule has 2 aliphatic heterocycles. The number of nitrogens with zero attached hydrogens (tertiary/aromatic N) is 4. The molecular weight excluding hydrogens is 414 g/mol. The summed E-state index contributed by atoms with van der Waals surface area (Å²) < 4.78 is 0. The van der Waals surface area contributed by atoms with Gasteiger partial charge in [0.1, 0.15) is 12.1 Å².